The van der Waals surface area contributed by atoms with Gasteiger partial charge in [-0.05, 0) is 30.4 Å². The third kappa shape index (κ3) is 3.59. The molecular formula is C15H17N3O4S. The summed E-state index contributed by atoms with van der Waals surface area (Å²) in [6.07, 6.45) is 0.838. The van der Waals surface area contributed by atoms with Crippen molar-refractivity contribution in [3.8, 4) is 10.6 Å². The molecule has 0 aromatic carbocycles. The van der Waals surface area contributed by atoms with Gasteiger partial charge in [0.05, 0.1) is 22.5 Å². The number of aromatic nitrogens is 2. The minimum Gasteiger partial charge on any atom is -0.481 e. The van der Waals surface area contributed by atoms with Crippen LogP contribution in [0.3, 0.4) is 0 Å². The van der Waals surface area contributed by atoms with Crippen molar-refractivity contribution in [1.82, 2.24) is 15.5 Å². The third-order valence-electron chi connectivity index (χ3n) is 3.92. The normalized spacial score (nSPS) is 16.9. The smallest absolute Gasteiger partial charge is 0.305 e. The van der Waals surface area contributed by atoms with E-state index in [1.807, 2.05) is 17.5 Å². The van der Waals surface area contributed by atoms with E-state index >= 15 is 0 Å². The number of thiophene rings is 1. The van der Waals surface area contributed by atoms with E-state index in [0.29, 0.717) is 26.1 Å². The van der Waals surface area contributed by atoms with Crippen molar-refractivity contribution in [1.29, 1.82) is 0 Å². The molecule has 0 saturated carbocycles. The first kappa shape index (κ1) is 15.7. The van der Waals surface area contributed by atoms with Crippen molar-refractivity contribution >= 4 is 23.2 Å². The Morgan fingerprint density at radius 1 is 1.43 bits per heavy atom. The van der Waals surface area contributed by atoms with Crippen LogP contribution >= 0.6 is 11.3 Å². The van der Waals surface area contributed by atoms with Crippen LogP contribution in [0.15, 0.2) is 23.6 Å². The van der Waals surface area contributed by atoms with Crippen molar-refractivity contribution in [2.75, 3.05) is 13.2 Å². The van der Waals surface area contributed by atoms with Gasteiger partial charge in [0.15, 0.2) is 5.69 Å². The molecule has 1 saturated heterocycles. The Labute approximate surface area is 136 Å². The molecule has 0 unspecified atom stereocenters. The van der Waals surface area contributed by atoms with Gasteiger partial charge >= 0.3 is 5.97 Å². The lowest BCUT2D eigenvalue weighted by molar-refractivity contribution is -0.139. The SMILES string of the molecule is O=C(O)CC1(NC(=O)c2cc(-c3cccs3)[nH]n2)CCOCC1. The van der Waals surface area contributed by atoms with Gasteiger partial charge in [0.1, 0.15) is 0 Å². The molecule has 1 amide bonds. The fourth-order valence-electron chi connectivity index (χ4n) is 2.70. The lowest BCUT2D eigenvalue weighted by Gasteiger charge is -2.36. The second-order valence-corrected chi connectivity index (χ2v) is 6.51. The Morgan fingerprint density at radius 2 is 2.22 bits per heavy atom. The maximum atomic E-state index is 12.5. The molecule has 2 aromatic rings. The monoisotopic (exact) mass is 335 g/mol. The highest BCUT2D eigenvalue weighted by Crippen LogP contribution is 2.26. The molecule has 8 heteroatoms. The summed E-state index contributed by atoms with van der Waals surface area (Å²) in [5.74, 6) is -1.30. The van der Waals surface area contributed by atoms with Gasteiger partial charge in [-0.3, -0.25) is 14.7 Å². The van der Waals surface area contributed by atoms with Gasteiger partial charge in [-0.15, -0.1) is 11.3 Å². The van der Waals surface area contributed by atoms with E-state index in [1.165, 1.54) is 0 Å². The molecule has 3 rings (SSSR count). The molecule has 0 radical (unpaired) electrons. The first-order valence-electron chi connectivity index (χ1n) is 7.29. The van der Waals surface area contributed by atoms with Crippen LogP contribution in [-0.4, -0.2) is 45.9 Å². The number of amides is 1. The summed E-state index contributed by atoms with van der Waals surface area (Å²) in [5.41, 5.74) is 0.248. The van der Waals surface area contributed by atoms with Crippen molar-refractivity contribution in [3.05, 3.63) is 29.3 Å². The molecule has 0 spiro atoms. The van der Waals surface area contributed by atoms with Crippen LogP contribution in [0.5, 0.6) is 0 Å². The highest BCUT2D eigenvalue weighted by Gasteiger charge is 2.37. The summed E-state index contributed by atoms with van der Waals surface area (Å²) in [4.78, 5) is 24.6. The summed E-state index contributed by atoms with van der Waals surface area (Å²) < 4.78 is 5.28. The molecule has 1 fully saturated rings. The second kappa shape index (κ2) is 6.51. The number of rotatable bonds is 5. The zero-order chi connectivity index (χ0) is 16.3. The maximum Gasteiger partial charge on any atom is 0.305 e. The number of H-pyrrole nitrogens is 1. The number of carbonyl (C=O) groups is 2. The molecule has 122 valence electrons. The Kier molecular flexibility index (Phi) is 4.44. The lowest BCUT2D eigenvalue weighted by atomic mass is 9.86. The van der Waals surface area contributed by atoms with Crippen LogP contribution < -0.4 is 5.32 Å². The molecule has 7 nitrogen and oxygen atoms in total. The maximum absolute atomic E-state index is 12.5. The third-order valence-corrected chi connectivity index (χ3v) is 4.82. The fraction of sp³-hybridized carbons (Fsp3) is 0.400. The van der Waals surface area contributed by atoms with Gasteiger partial charge in [-0.25, -0.2) is 0 Å². The van der Waals surface area contributed by atoms with Gasteiger partial charge in [0, 0.05) is 13.2 Å². The molecule has 1 aliphatic heterocycles. The minimum absolute atomic E-state index is 0.121. The molecule has 23 heavy (non-hydrogen) atoms. The standard InChI is InChI=1S/C15H17N3O4S/c19-13(20)9-15(3-5-22-6-4-15)16-14(21)11-8-10(17-18-11)12-2-1-7-23-12/h1-2,7-8H,3-6,9H2,(H,16,21)(H,17,18)(H,19,20). The lowest BCUT2D eigenvalue weighted by Crippen LogP contribution is -2.53. The van der Waals surface area contributed by atoms with E-state index in [9.17, 15) is 9.59 Å². The molecule has 0 bridgehead atoms. The van der Waals surface area contributed by atoms with Crippen molar-refractivity contribution < 1.29 is 19.4 Å². The van der Waals surface area contributed by atoms with Crippen molar-refractivity contribution in [2.24, 2.45) is 0 Å². The van der Waals surface area contributed by atoms with Crippen molar-refractivity contribution in [2.45, 2.75) is 24.8 Å². The van der Waals surface area contributed by atoms with Crippen LogP contribution in [0.25, 0.3) is 10.6 Å². The quantitative estimate of drug-likeness (QED) is 0.774. The van der Waals surface area contributed by atoms with E-state index < -0.39 is 11.5 Å². The van der Waals surface area contributed by atoms with Crippen LogP contribution in [0, 0.1) is 0 Å². The molecule has 3 N–H and O–H groups in total. The Bertz CT molecular complexity index is 689. The Hall–Kier alpha value is -2.19. The summed E-state index contributed by atoms with van der Waals surface area (Å²) in [6.45, 7) is 0.878. The Morgan fingerprint density at radius 3 is 2.87 bits per heavy atom. The first-order valence-corrected chi connectivity index (χ1v) is 8.17. The number of nitrogens with zero attached hydrogens (tertiary/aromatic N) is 1. The van der Waals surface area contributed by atoms with E-state index in [0.717, 1.165) is 10.6 Å². The van der Waals surface area contributed by atoms with Crippen molar-refractivity contribution in [3.63, 3.8) is 0 Å². The molecular weight excluding hydrogens is 318 g/mol. The van der Waals surface area contributed by atoms with Gasteiger partial charge in [-0.2, -0.15) is 5.10 Å². The summed E-state index contributed by atoms with van der Waals surface area (Å²) in [6, 6.07) is 5.53. The summed E-state index contributed by atoms with van der Waals surface area (Å²) in [7, 11) is 0. The molecule has 1 aliphatic rings. The minimum atomic E-state index is -0.937. The number of aromatic amines is 1. The summed E-state index contributed by atoms with van der Waals surface area (Å²) in [5, 5.41) is 20.8. The zero-order valence-electron chi connectivity index (χ0n) is 12.4. The van der Waals surface area contributed by atoms with Crippen LogP contribution in [0.4, 0.5) is 0 Å². The number of nitrogens with one attached hydrogen (secondary N) is 2. The van der Waals surface area contributed by atoms with Crippen LogP contribution in [-0.2, 0) is 9.53 Å². The van der Waals surface area contributed by atoms with E-state index in [-0.39, 0.29) is 18.0 Å². The number of carboxylic acid groups (broad SMARTS) is 1. The fourth-order valence-corrected chi connectivity index (χ4v) is 3.39. The number of carbonyl (C=O) groups excluding carboxylic acids is 1. The summed E-state index contributed by atoms with van der Waals surface area (Å²) >= 11 is 1.55. The second-order valence-electron chi connectivity index (χ2n) is 5.56. The van der Waals surface area contributed by atoms with Crippen LogP contribution in [0.2, 0.25) is 0 Å². The largest absolute Gasteiger partial charge is 0.481 e. The first-order chi connectivity index (χ1) is 11.1. The number of hydrogen-bond donors (Lipinski definition) is 3. The molecule has 0 aliphatic carbocycles. The number of aliphatic carboxylic acids is 1. The predicted octanol–water partition coefficient (Wildman–Crippen LogP) is 1.89. The van der Waals surface area contributed by atoms with Crippen LogP contribution in [0.1, 0.15) is 29.8 Å². The van der Waals surface area contributed by atoms with Gasteiger partial charge in [-0.1, -0.05) is 6.07 Å². The molecule has 3 heterocycles. The van der Waals surface area contributed by atoms with E-state index in [4.69, 9.17) is 9.84 Å². The number of carboxylic acids is 1. The predicted molar refractivity (Wildman–Crippen MR) is 84.4 cm³/mol. The van der Waals surface area contributed by atoms with E-state index in [2.05, 4.69) is 15.5 Å². The zero-order valence-corrected chi connectivity index (χ0v) is 13.2. The number of hydrogen-bond acceptors (Lipinski definition) is 5. The topological polar surface area (TPSA) is 104 Å². The highest BCUT2D eigenvalue weighted by molar-refractivity contribution is 7.13. The molecule has 2 aromatic heterocycles. The Balaban J connectivity index is 1.75. The highest BCUT2D eigenvalue weighted by atomic mass is 32.1. The van der Waals surface area contributed by atoms with Gasteiger partial charge in [0.2, 0.25) is 0 Å². The van der Waals surface area contributed by atoms with Gasteiger partial charge in [0.25, 0.3) is 5.91 Å². The average Bonchev–Trinajstić information content (AvgIpc) is 3.18. The van der Waals surface area contributed by atoms with E-state index in [1.54, 1.807) is 17.4 Å². The average molecular weight is 335 g/mol. The van der Waals surface area contributed by atoms with Gasteiger partial charge < -0.3 is 15.2 Å². The molecule has 0 atom stereocenters. The number of ether oxygens (including phenoxy) is 1.